The molecule has 0 aliphatic heterocycles. The van der Waals surface area contributed by atoms with Crippen LogP contribution in [-0.4, -0.2) is 13.9 Å². The van der Waals surface area contributed by atoms with Crippen LogP contribution in [0.2, 0.25) is 5.02 Å². The van der Waals surface area contributed by atoms with Gasteiger partial charge in [-0.3, -0.25) is 0 Å². The Labute approximate surface area is 136 Å². The van der Waals surface area contributed by atoms with Crippen LogP contribution < -0.4 is 0 Å². The SMILES string of the molecule is COCOCc1ccc(Sc2cccc(Cl)c2)cc1Br. The molecule has 0 heterocycles. The van der Waals surface area contributed by atoms with Gasteiger partial charge in [0.1, 0.15) is 6.79 Å². The molecule has 0 atom stereocenters. The second kappa shape index (κ2) is 8.05. The molecule has 0 fully saturated rings. The average molecular weight is 374 g/mol. The first-order valence-corrected chi connectivity index (χ1v) is 7.96. The first kappa shape index (κ1) is 15.9. The standard InChI is InChI=1S/C15H14BrClO2S/c1-18-10-19-9-11-5-6-14(8-15(11)16)20-13-4-2-3-12(17)7-13/h2-8H,9-10H2,1H3. The molecule has 2 aromatic carbocycles. The lowest BCUT2D eigenvalue weighted by Crippen LogP contribution is -1.97. The quantitative estimate of drug-likeness (QED) is 0.500. The van der Waals surface area contributed by atoms with Crippen molar-refractivity contribution in [3.63, 3.8) is 0 Å². The van der Waals surface area contributed by atoms with Crippen LogP contribution in [0.15, 0.2) is 56.7 Å². The van der Waals surface area contributed by atoms with Crippen molar-refractivity contribution in [2.45, 2.75) is 16.4 Å². The second-order valence-corrected chi connectivity index (χ2v) is 6.51. The van der Waals surface area contributed by atoms with Gasteiger partial charge in [-0.2, -0.15) is 0 Å². The first-order valence-electron chi connectivity index (χ1n) is 5.97. The zero-order chi connectivity index (χ0) is 14.4. The van der Waals surface area contributed by atoms with Crippen LogP contribution >= 0.6 is 39.3 Å². The van der Waals surface area contributed by atoms with Crippen molar-refractivity contribution in [3.8, 4) is 0 Å². The Kier molecular flexibility index (Phi) is 6.39. The topological polar surface area (TPSA) is 18.5 Å². The third-order valence-corrected chi connectivity index (χ3v) is 4.47. The summed E-state index contributed by atoms with van der Waals surface area (Å²) in [5.41, 5.74) is 1.09. The van der Waals surface area contributed by atoms with Crippen molar-refractivity contribution in [2.24, 2.45) is 0 Å². The fourth-order valence-electron chi connectivity index (χ4n) is 1.61. The van der Waals surface area contributed by atoms with Gasteiger partial charge >= 0.3 is 0 Å². The van der Waals surface area contributed by atoms with E-state index < -0.39 is 0 Å². The van der Waals surface area contributed by atoms with E-state index in [4.69, 9.17) is 21.1 Å². The summed E-state index contributed by atoms with van der Waals surface area (Å²) in [6.07, 6.45) is 0. The molecule has 20 heavy (non-hydrogen) atoms. The molecule has 5 heteroatoms. The van der Waals surface area contributed by atoms with Crippen LogP contribution in [0.1, 0.15) is 5.56 Å². The predicted molar refractivity (Wildman–Crippen MR) is 86.4 cm³/mol. The van der Waals surface area contributed by atoms with Crippen LogP contribution in [0.4, 0.5) is 0 Å². The minimum Gasteiger partial charge on any atom is -0.359 e. The van der Waals surface area contributed by atoms with Crippen molar-refractivity contribution >= 4 is 39.3 Å². The monoisotopic (exact) mass is 372 g/mol. The summed E-state index contributed by atoms with van der Waals surface area (Å²) in [6, 6.07) is 14.0. The zero-order valence-corrected chi connectivity index (χ0v) is 14.1. The number of ether oxygens (including phenoxy) is 2. The molecular formula is C15H14BrClO2S. The van der Waals surface area contributed by atoms with E-state index in [0.29, 0.717) is 13.4 Å². The van der Waals surface area contributed by atoms with E-state index in [1.807, 2.05) is 30.3 Å². The Bertz CT molecular complexity index is 578. The molecule has 0 unspecified atom stereocenters. The number of hydrogen-bond donors (Lipinski definition) is 0. The third-order valence-electron chi connectivity index (χ3n) is 2.52. The maximum absolute atomic E-state index is 5.99. The number of hydrogen-bond acceptors (Lipinski definition) is 3. The van der Waals surface area contributed by atoms with Crippen molar-refractivity contribution < 1.29 is 9.47 Å². The molecule has 0 aromatic heterocycles. The van der Waals surface area contributed by atoms with Crippen LogP contribution in [-0.2, 0) is 16.1 Å². The van der Waals surface area contributed by atoms with Crippen LogP contribution in [0.25, 0.3) is 0 Å². The summed E-state index contributed by atoms with van der Waals surface area (Å²) >= 11 is 11.2. The largest absolute Gasteiger partial charge is 0.359 e. The van der Waals surface area contributed by atoms with Gasteiger partial charge in [-0.15, -0.1) is 0 Å². The van der Waals surface area contributed by atoms with E-state index in [2.05, 4.69) is 28.1 Å². The Morgan fingerprint density at radius 1 is 1.15 bits per heavy atom. The number of benzene rings is 2. The summed E-state index contributed by atoms with van der Waals surface area (Å²) in [6.45, 7) is 0.821. The molecular weight excluding hydrogens is 360 g/mol. The number of rotatable bonds is 6. The van der Waals surface area contributed by atoms with Crippen LogP contribution in [0.5, 0.6) is 0 Å². The van der Waals surface area contributed by atoms with Crippen LogP contribution in [0.3, 0.4) is 0 Å². The minimum absolute atomic E-state index is 0.297. The van der Waals surface area contributed by atoms with Crippen molar-refractivity contribution in [1.82, 2.24) is 0 Å². The van der Waals surface area contributed by atoms with Gasteiger partial charge in [-0.05, 0) is 35.9 Å². The lowest BCUT2D eigenvalue weighted by molar-refractivity contribution is -0.0392. The van der Waals surface area contributed by atoms with Gasteiger partial charge in [0.25, 0.3) is 0 Å². The lowest BCUT2D eigenvalue weighted by Gasteiger charge is -2.08. The summed E-state index contributed by atoms with van der Waals surface area (Å²) in [5.74, 6) is 0. The van der Waals surface area contributed by atoms with Crippen molar-refractivity contribution in [1.29, 1.82) is 0 Å². The van der Waals surface area contributed by atoms with Gasteiger partial charge in [0, 0.05) is 26.4 Å². The van der Waals surface area contributed by atoms with Gasteiger partial charge in [0.2, 0.25) is 0 Å². The molecule has 0 saturated carbocycles. The number of halogens is 2. The highest BCUT2D eigenvalue weighted by molar-refractivity contribution is 9.10. The summed E-state index contributed by atoms with van der Waals surface area (Å²) in [5, 5.41) is 0.749. The van der Waals surface area contributed by atoms with Crippen LogP contribution in [0, 0.1) is 0 Å². The Balaban J connectivity index is 2.05. The second-order valence-electron chi connectivity index (χ2n) is 4.07. The molecule has 0 N–H and O–H groups in total. The zero-order valence-electron chi connectivity index (χ0n) is 10.9. The first-order chi connectivity index (χ1) is 9.69. The fourth-order valence-corrected chi connectivity index (χ4v) is 3.43. The molecule has 2 nitrogen and oxygen atoms in total. The Morgan fingerprint density at radius 3 is 2.65 bits per heavy atom. The maximum atomic E-state index is 5.99. The highest BCUT2D eigenvalue weighted by atomic mass is 79.9. The van der Waals surface area contributed by atoms with E-state index in [1.54, 1.807) is 18.9 Å². The molecule has 106 valence electrons. The molecule has 0 saturated heterocycles. The molecule has 0 spiro atoms. The fraction of sp³-hybridized carbons (Fsp3) is 0.200. The Morgan fingerprint density at radius 2 is 1.95 bits per heavy atom. The molecule has 0 amide bonds. The summed E-state index contributed by atoms with van der Waals surface area (Å²) < 4.78 is 11.2. The summed E-state index contributed by atoms with van der Waals surface area (Å²) in [7, 11) is 1.61. The molecule has 0 aliphatic carbocycles. The highest BCUT2D eigenvalue weighted by Gasteiger charge is 2.04. The minimum atomic E-state index is 0.297. The van der Waals surface area contributed by atoms with E-state index in [0.717, 1.165) is 24.8 Å². The van der Waals surface area contributed by atoms with E-state index in [9.17, 15) is 0 Å². The maximum Gasteiger partial charge on any atom is 0.146 e. The predicted octanol–water partition coefficient (Wildman–Crippen LogP) is 5.37. The average Bonchev–Trinajstić information content (AvgIpc) is 2.41. The smallest absolute Gasteiger partial charge is 0.146 e. The van der Waals surface area contributed by atoms with Crippen molar-refractivity contribution in [3.05, 3.63) is 57.5 Å². The Hall–Kier alpha value is -0.520. The normalized spacial score (nSPS) is 10.8. The van der Waals surface area contributed by atoms with Gasteiger partial charge in [0.05, 0.1) is 6.61 Å². The third kappa shape index (κ3) is 4.79. The van der Waals surface area contributed by atoms with Gasteiger partial charge < -0.3 is 9.47 Å². The van der Waals surface area contributed by atoms with E-state index >= 15 is 0 Å². The number of methoxy groups -OCH3 is 1. The summed E-state index contributed by atoms with van der Waals surface area (Å²) in [4.78, 5) is 2.27. The van der Waals surface area contributed by atoms with Gasteiger partial charge in [-0.25, -0.2) is 0 Å². The molecule has 2 rings (SSSR count). The molecule has 2 aromatic rings. The molecule has 0 aliphatic rings. The van der Waals surface area contributed by atoms with E-state index in [-0.39, 0.29) is 0 Å². The molecule has 0 bridgehead atoms. The lowest BCUT2D eigenvalue weighted by atomic mass is 10.2. The van der Waals surface area contributed by atoms with Crippen molar-refractivity contribution in [2.75, 3.05) is 13.9 Å². The van der Waals surface area contributed by atoms with Gasteiger partial charge in [-0.1, -0.05) is 51.4 Å². The van der Waals surface area contributed by atoms with Gasteiger partial charge in [0.15, 0.2) is 0 Å². The molecule has 0 radical (unpaired) electrons. The highest BCUT2D eigenvalue weighted by Crippen LogP contribution is 2.32. The van der Waals surface area contributed by atoms with E-state index in [1.165, 1.54) is 0 Å².